The van der Waals surface area contributed by atoms with Crippen LogP contribution in [0.4, 0.5) is 0 Å². The molecule has 2 atom stereocenters. The maximum Gasteiger partial charge on any atom is 2.00 e. The van der Waals surface area contributed by atoms with Gasteiger partial charge in [0.25, 0.3) is 0 Å². The third-order valence-corrected chi connectivity index (χ3v) is 8.80. The van der Waals surface area contributed by atoms with Crippen molar-refractivity contribution in [2.75, 3.05) is 13.2 Å². The summed E-state index contributed by atoms with van der Waals surface area (Å²) in [5.41, 5.74) is 9.07. The van der Waals surface area contributed by atoms with Crippen LogP contribution in [0.5, 0.6) is 0 Å². The number of hydrogen-bond donors (Lipinski definition) is 6. The number of aliphatic hydroxyl groups is 4. The van der Waals surface area contributed by atoms with Gasteiger partial charge in [-0.25, -0.2) is 9.97 Å². The van der Waals surface area contributed by atoms with Gasteiger partial charge in [0.05, 0.1) is 36.0 Å². The Morgan fingerprint density at radius 2 is 1.04 bits per heavy atom. The van der Waals surface area contributed by atoms with Crippen molar-refractivity contribution in [1.29, 1.82) is 0 Å². The number of carbonyl (C=O) groups is 2. The number of aliphatic carboxylic acids is 2. The third kappa shape index (κ3) is 6.96. The van der Waals surface area contributed by atoms with Crippen LogP contribution in [0, 0.1) is 13.8 Å². The van der Waals surface area contributed by atoms with Crippen molar-refractivity contribution in [2.45, 2.75) is 65.6 Å². The van der Waals surface area contributed by atoms with Crippen molar-refractivity contribution >= 4 is 56.3 Å². The van der Waals surface area contributed by atoms with Crippen molar-refractivity contribution < 1.29 is 57.3 Å². The van der Waals surface area contributed by atoms with E-state index < -0.39 is 37.4 Å². The van der Waals surface area contributed by atoms with Gasteiger partial charge in [-0.05, 0) is 111 Å². The summed E-state index contributed by atoms with van der Waals surface area (Å²) in [6, 6.07) is 6.97. The van der Waals surface area contributed by atoms with Gasteiger partial charge in [0.15, 0.2) is 0 Å². The number of aryl methyl sites for hydroxylation is 2. The Morgan fingerprint density at radius 1 is 0.660 bits per heavy atom. The molecule has 3 aromatic heterocycles. The quantitative estimate of drug-likeness (QED) is 0.171. The minimum atomic E-state index is -1.23. The molecule has 0 spiro atoms. The predicted octanol–water partition coefficient (Wildman–Crippen LogP) is 1.90. The average Bonchev–Trinajstić information content (AvgIpc) is 3.67. The van der Waals surface area contributed by atoms with Gasteiger partial charge in [-0.1, -0.05) is 0 Å². The molecule has 247 valence electrons. The molecule has 0 fully saturated rings. The Balaban J connectivity index is 0.00000500. The molecule has 0 saturated heterocycles. The number of nitrogens with one attached hydrogen (secondary N) is 2. The van der Waals surface area contributed by atoms with Gasteiger partial charge >= 0.3 is 17.1 Å². The number of fused-ring (bicyclic) bond motifs is 8. The van der Waals surface area contributed by atoms with Gasteiger partial charge in [-0.3, -0.25) is 0 Å². The monoisotopic (exact) mass is 683 g/mol. The molecule has 47 heavy (non-hydrogen) atoms. The molecule has 1 radical (unpaired) electrons. The van der Waals surface area contributed by atoms with Crippen LogP contribution in [0.25, 0.3) is 44.4 Å². The fraction of sp³-hybridized carbons (Fsp3) is 0.353. The van der Waals surface area contributed by atoms with Gasteiger partial charge in [0.2, 0.25) is 0 Å². The van der Waals surface area contributed by atoms with E-state index in [1.165, 1.54) is 0 Å². The zero-order chi connectivity index (χ0) is 33.4. The molecule has 2 unspecified atom stereocenters. The van der Waals surface area contributed by atoms with Crippen molar-refractivity contribution in [2.24, 2.45) is 0 Å². The van der Waals surface area contributed by atoms with Crippen LogP contribution in [0.2, 0.25) is 0 Å². The topological polar surface area (TPSA) is 219 Å². The molecule has 5 heterocycles. The predicted molar refractivity (Wildman–Crippen MR) is 168 cm³/mol. The molecular weight excluding hydrogens is 647 g/mol. The van der Waals surface area contributed by atoms with E-state index in [4.69, 9.17) is 9.97 Å². The number of carbonyl (C=O) groups excluding carboxylic acids is 2. The largest absolute Gasteiger partial charge is 2.00 e. The van der Waals surface area contributed by atoms with Crippen LogP contribution >= 0.6 is 0 Å². The summed E-state index contributed by atoms with van der Waals surface area (Å²) in [7, 11) is 0. The minimum absolute atomic E-state index is 0. The number of rotatable bonds is 10. The van der Waals surface area contributed by atoms with Crippen molar-refractivity contribution in [3.05, 3.63) is 69.3 Å². The van der Waals surface area contributed by atoms with Gasteiger partial charge in [-0.2, -0.15) is 0 Å². The molecule has 0 aromatic carbocycles. The van der Waals surface area contributed by atoms with Crippen molar-refractivity contribution in [3.63, 3.8) is 0 Å². The summed E-state index contributed by atoms with van der Waals surface area (Å²) in [6.07, 6.45) is -2.67. The molecule has 0 amide bonds. The van der Waals surface area contributed by atoms with E-state index in [1.54, 1.807) is 38.1 Å². The normalized spacial score (nSPS) is 14.3. The maximum atomic E-state index is 11.4. The summed E-state index contributed by atoms with van der Waals surface area (Å²) < 4.78 is 0. The zero-order valence-electron chi connectivity index (χ0n) is 26.4. The molecule has 0 aliphatic carbocycles. The number of carboxylic acids is 2. The molecule has 8 bridgehead atoms. The van der Waals surface area contributed by atoms with Crippen LogP contribution in [0.3, 0.4) is 0 Å². The SMILES string of the molecule is CC1=C(CCC(=O)[O-])c2cc3nc(cc4[nH]c(cc5[nH]c(cc1n2)c(C)c5C(O)CO)c(C)c4C(O)CO)C(C)=C3CCC(=O)[O-].[Mn+2]. The van der Waals surface area contributed by atoms with Crippen molar-refractivity contribution in [1.82, 2.24) is 19.9 Å². The van der Waals surface area contributed by atoms with Crippen LogP contribution in [-0.4, -0.2) is 65.5 Å². The van der Waals surface area contributed by atoms with Crippen molar-refractivity contribution in [3.8, 4) is 0 Å². The summed E-state index contributed by atoms with van der Waals surface area (Å²) in [5, 5.41) is 64.4. The van der Waals surface area contributed by atoms with E-state index in [9.17, 15) is 40.2 Å². The fourth-order valence-corrected chi connectivity index (χ4v) is 6.27. The number of H-pyrrole nitrogens is 2. The molecular formula is C34H36MnN4O8. The van der Waals surface area contributed by atoms with Gasteiger partial charge < -0.3 is 50.2 Å². The standard InChI is InChI=1S/C34H38N4O8.Mn/c1-15-19(5-7-31(43)44)25-12-26-20(6-8-32(45)46)16(2)22(36-26)10-27-34(30(42)14-40)18(4)24(38-27)11-28-33(29(41)13-39)17(3)23(37-28)9-21(15)35-25;/h9-12,29-30,37-42H,5-8,13-14H2,1-4H3,(H,43,44)(H,45,46);/q;+2/p-2. The maximum absolute atomic E-state index is 11.4. The Labute approximate surface area is 281 Å². The van der Waals surface area contributed by atoms with Crippen LogP contribution in [-0.2, 0) is 26.7 Å². The molecule has 6 N–H and O–H groups in total. The summed E-state index contributed by atoms with van der Waals surface area (Å²) in [5.74, 6) is -2.43. The second-order valence-electron chi connectivity index (χ2n) is 11.7. The van der Waals surface area contributed by atoms with E-state index in [2.05, 4.69) is 9.97 Å². The number of hydrogen-bond acceptors (Lipinski definition) is 10. The first-order valence-electron chi connectivity index (χ1n) is 15.0. The Morgan fingerprint density at radius 3 is 1.45 bits per heavy atom. The van der Waals surface area contributed by atoms with E-state index in [0.29, 0.717) is 83.8 Å². The van der Waals surface area contributed by atoms with E-state index >= 15 is 0 Å². The van der Waals surface area contributed by atoms with Gasteiger partial charge in [0.1, 0.15) is 12.2 Å². The number of carboxylic acid groups (broad SMARTS) is 2. The van der Waals surface area contributed by atoms with E-state index in [0.717, 1.165) is 5.57 Å². The molecule has 5 rings (SSSR count). The summed E-state index contributed by atoms with van der Waals surface area (Å²) >= 11 is 0. The molecule has 13 heteroatoms. The van der Waals surface area contributed by atoms with Gasteiger partial charge in [-0.15, -0.1) is 0 Å². The Bertz CT molecular complexity index is 1970. The average molecular weight is 684 g/mol. The van der Waals surface area contributed by atoms with E-state index in [-0.39, 0.29) is 42.8 Å². The number of aliphatic hydroxyl groups excluding tert-OH is 4. The molecule has 2 aliphatic rings. The first-order chi connectivity index (χ1) is 21.8. The minimum Gasteiger partial charge on any atom is -0.550 e. The Kier molecular flexibility index (Phi) is 10.9. The first-order valence-corrected chi connectivity index (χ1v) is 15.0. The molecule has 0 saturated carbocycles. The second-order valence-corrected chi connectivity index (χ2v) is 11.7. The molecule has 12 nitrogen and oxygen atoms in total. The smallest absolute Gasteiger partial charge is 0.550 e. The number of aromatic amines is 2. The Hall–Kier alpha value is -4.10. The number of aromatic nitrogens is 4. The number of allylic oxidation sites excluding steroid dienone is 4. The van der Waals surface area contributed by atoms with Crippen LogP contribution < -0.4 is 10.2 Å². The zero-order valence-corrected chi connectivity index (χ0v) is 27.6. The van der Waals surface area contributed by atoms with Gasteiger partial charge in [0, 0.05) is 45.1 Å². The number of nitrogens with zero attached hydrogens (tertiary/aromatic N) is 2. The third-order valence-electron chi connectivity index (χ3n) is 8.80. The van der Waals surface area contributed by atoms with Crippen LogP contribution in [0.1, 0.15) is 96.8 Å². The second kappa shape index (κ2) is 14.3. The molecule has 2 aliphatic heterocycles. The fourth-order valence-electron chi connectivity index (χ4n) is 6.27. The summed E-state index contributed by atoms with van der Waals surface area (Å²) in [4.78, 5) is 39.2. The summed E-state index contributed by atoms with van der Waals surface area (Å²) in [6.45, 7) is 6.16. The molecule has 3 aromatic rings. The van der Waals surface area contributed by atoms with Crippen LogP contribution in [0.15, 0.2) is 24.3 Å². The first kappa shape index (κ1) is 35.7. The van der Waals surface area contributed by atoms with E-state index in [1.807, 2.05) is 13.8 Å².